The summed E-state index contributed by atoms with van der Waals surface area (Å²) in [6.07, 6.45) is 1.55. The van der Waals surface area contributed by atoms with Crippen LogP contribution in [0.15, 0.2) is 42.6 Å². The third-order valence-electron chi connectivity index (χ3n) is 3.86. The molecule has 3 rings (SSSR count). The number of fused-ring (bicyclic) bond motifs is 1. The SMILES string of the molecule is COc1ccc(OC)c(Nc2c(C#N)cnc3ccc(OC)cc23)c1. The highest BCUT2D eigenvalue weighted by molar-refractivity contribution is 5.97. The van der Waals surface area contributed by atoms with E-state index in [-0.39, 0.29) is 0 Å². The van der Waals surface area contributed by atoms with E-state index in [0.29, 0.717) is 34.2 Å². The molecular formula is C19H17N3O3. The van der Waals surface area contributed by atoms with Crippen molar-refractivity contribution in [3.63, 3.8) is 0 Å². The molecular weight excluding hydrogens is 318 g/mol. The van der Waals surface area contributed by atoms with Crippen LogP contribution >= 0.6 is 0 Å². The van der Waals surface area contributed by atoms with Gasteiger partial charge in [0.25, 0.3) is 0 Å². The van der Waals surface area contributed by atoms with Crippen LogP contribution in [0.25, 0.3) is 10.9 Å². The van der Waals surface area contributed by atoms with Gasteiger partial charge < -0.3 is 19.5 Å². The average molecular weight is 335 g/mol. The zero-order valence-corrected chi connectivity index (χ0v) is 14.2. The van der Waals surface area contributed by atoms with Gasteiger partial charge in [0.2, 0.25) is 0 Å². The molecule has 3 aromatic rings. The van der Waals surface area contributed by atoms with Crippen LogP contribution < -0.4 is 19.5 Å². The smallest absolute Gasteiger partial charge is 0.142 e. The number of nitrogens with one attached hydrogen (secondary N) is 1. The van der Waals surface area contributed by atoms with Gasteiger partial charge in [0, 0.05) is 17.6 Å². The molecule has 0 fully saturated rings. The molecule has 0 saturated heterocycles. The fourth-order valence-corrected chi connectivity index (χ4v) is 2.56. The van der Waals surface area contributed by atoms with Crippen molar-refractivity contribution in [3.8, 4) is 23.3 Å². The van der Waals surface area contributed by atoms with E-state index < -0.39 is 0 Å². The molecule has 126 valence electrons. The molecule has 0 spiro atoms. The number of methoxy groups -OCH3 is 3. The highest BCUT2D eigenvalue weighted by Crippen LogP contribution is 2.36. The second kappa shape index (κ2) is 6.97. The number of hydrogen-bond donors (Lipinski definition) is 1. The van der Waals surface area contributed by atoms with Crippen LogP contribution in [0.3, 0.4) is 0 Å². The summed E-state index contributed by atoms with van der Waals surface area (Å²) in [5.41, 5.74) is 2.50. The van der Waals surface area contributed by atoms with Gasteiger partial charge in [-0.15, -0.1) is 0 Å². The molecule has 1 aromatic heterocycles. The van der Waals surface area contributed by atoms with Gasteiger partial charge in [-0.1, -0.05) is 0 Å². The summed E-state index contributed by atoms with van der Waals surface area (Å²) in [7, 11) is 4.78. The van der Waals surface area contributed by atoms with Crippen molar-refractivity contribution < 1.29 is 14.2 Å². The lowest BCUT2D eigenvalue weighted by Gasteiger charge is -2.15. The van der Waals surface area contributed by atoms with E-state index in [4.69, 9.17) is 14.2 Å². The minimum Gasteiger partial charge on any atom is -0.497 e. The van der Waals surface area contributed by atoms with Crippen molar-refractivity contribution in [2.45, 2.75) is 0 Å². The summed E-state index contributed by atoms with van der Waals surface area (Å²) in [6.45, 7) is 0. The molecule has 0 bridgehead atoms. The van der Waals surface area contributed by atoms with E-state index in [9.17, 15) is 5.26 Å². The van der Waals surface area contributed by atoms with Gasteiger partial charge in [0.05, 0.1) is 43.8 Å². The van der Waals surface area contributed by atoms with Gasteiger partial charge in [0.15, 0.2) is 0 Å². The number of rotatable bonds is 5. The van der Waals surface area contributed by atoms with E-state index in [1.165, 1.54) is 0 Å². The minimum atomic E-state index is 0.422. The van der Waals surface area contributed by atoms with Crippen LogP contribution in [0.2, 0.25) is 0 Å². The van der Waals surface area contributed by atoms with Crippen LogP contribution in [-0.2, 0) is 0 Å². The van der Waals surface area contributed by atoms with Gasteiger partial charge in [-0.3, -0.25) is 4.98 Å². The van der Waals surface area contributed by atoms with Gasteiger partial charge in [-0.2, -0.15) is 5.26 Å². The molecule has 0 atom stereocenters. The lowest BCUT2D eigenvalue weighted by atomic mass is 10.1. The lowest BCUT2D eigenvalue weighted by Crippen LogP contribution is -2.00. The van der Waals surface area contributed by atoms with E-state index in [0.717, 1.165) is 10.9 Å². The Morgan fingerprint density at radius 3 is 2.36 bits per heavy atom. The monoisotopic (exact) mass is 335 g/mol. The average Bonchev–Trinajstić information content (AvgIpc) is 2.67. The first-order valence-corrected chi connectivity index (χ1v) is 7.56. The summed E-state index contributed by atoms with van der Waals surface area (Å²) >= 11 is 0. The second-order valence-corrected chi connectivity index (χ2v) is 5.23. The molecule has 1 N–H and O–H groups in total. The van der Waals surface area contributed by atoms with Crippen molar-refractivity contribution in [1.29, 1.82) is 5.26 Å². The number of hydrogen-bond acceptors (Lipinski definition) is 6. The number of ether oxygens (including phenoxy) is 3. The molecule has 0 aliphatic heterocycles. The molecule has 0 radical (unpaired) electrons. The maximum atomic E-state index is 9.49. The summed E-state index contributed by atoms with van der Waals surface area (Å²) in [4.78, 5) is 4.33. The molecule has 25 heavy (non-hydrogen) atoms. The normalized spacial score (nSPS) is 10.2. The van der Waals surface area contributed by atoms with Crippen LogP contribution in [0.5, 0.6) is 17.2 Å². The number of pyridine rings is 1. The Labute approximate surface area is 145 Å². The Morgan fingerprint density at radius 2 is 1.68 bits per heavy atom. The topological polar surface area (TPSA) is 76.4 Å². The molecule has 0 aliphatic carbocycles. The number of nitrogens with zero attached hydrogens (tertiary/aromatic N) is 2. The minimum absolute atomic E-state index is 0.422. The Balaban J connectivity index is 2.19. The summed E-state index contributed by atoms with van der Waals surface area (Å²) in [5.74, 6) is 2.00. The Morgan fingerprint density at radius 1 is 0.960 bits per heavy atom. The first kappa shape index (κ1) is 16.4. The van der Waals surface area contributed by atoms with Crippen LogP contribution in [0.4, 0.5) is 11.4 Å². The van der Waals surface area contributed by atoms with Crippen molar-refractivity contribution >= 4 is 22.3 Å². The second-order valence-electron chi connectivity index (χ2n) is 5.23. The van der Waals surface area contributed by atoms with Crippen molar-refractivity contribution in [2.24, 2.45) is 0 Å². The first-order valence-electron chi connectivity index (χ1n) is 7.56. The summed E-state index contributed by atoms with van der Waals surface area (Å²) in [6, 6.07) is 13.1. The first-order chi connectivity index (χ1) is 12.2. The molecule has 6 heteroatoms. The third-order valence-corrected chi connectivity index (χ3v) is 3.86. The largest absolute Gasteiger partial charge is 0.497 e. The maximum Gasteiger partial charge on any atom is 0.142 e. The standard InChI is InChI=1S/C19H17N3O3/c1-23-13-4-6-16-15(8-13)19(12(10-20)11-21-16)22-17-9-14(24-2)5-7-18(17)25-3/h4-9,11H,1-3H3,(H,21,22). The molecule has 0 saturated carbocycles. The van der Waals surface area contributed by atoms with Crippen molar-refractivity contribution in [3.05, 3.63) is 48.2 Å². The van der Waals surface area contributed by atoms with Gasteiger partial charge in [-0.05, 0) is 30.3 Å². The van der Waals surface area contributed by atoms with Gasteiger partial charge in [0.1, 0.15) is 23.3 Å². The lowest BCUT2D eigenvalue weighted by molar-refractivity contribution is 0.405. The highest BCUT2D eigenvalue weighted by Gasteiger charge is 2.13. The molecule has 1 heterocycles. The molecule has 0 unspecified atom stereocenters. The van der Waals surface area contributed by atoms with Crippen molar-refractivity contribution in [2.75, 3.05) is 26.6 Å². The van der Waals surface area contributed by atoms with Crippen LogP contribution in [0.1, 0.15) is 5.56 Å². The zero-order valence-electron chi connectivity index (χ0n) is 14.2. The van der Waals surface area contributed by atoms with Gasteiger partial charge in [-0.25, -0.2) is 0 Å². The van der Waals surface area contributed by atoms with Crippen molar-refractivity contribution in [1.82, 2.24) is 4.98 Å². The fourth-order valence-electron chi connectivity index (χ4n) is 2.56. The van der Waals surface area contributed by atoms with Gasteiger partial charge >= 0.3 is 0 Å². The molecule has 0 aliphatic rings. The third kappa shape index (κ3) is 3.12. The number of benzene rings is 2. The van der Waals surface area contributed by atoms with E-state index in [1.807, 2.05) is 30.3 Å². The maximum absolute atomic E-state index is 9.49. The number of aromatic nitrogens is 1. The molecule has 0 amide bonds. The summed E-state index contributed by atoms with van der Waals surface area (Å²) in [5, 5.41) is 13.6. The molecule has 2 aromatic carbocycles. The zero-order chi connectivity index (χ0) is 17.8. The van der Waals surface area contributed by atoms with E-state index >= 15 is 0 Å². The Kier molecular flexibility index (Phi) is 4.57. The Hall–Kier alpha value is -3.46. The molecule has 6 nitrogen and oxygen atoms in total. The van der Waals surface area contributed by atoms with E-state index in [1.54, 1.807) is 33.6 Å². The van der Waals surface area contributed by atoms with Crippen LogP contribution in [0, 0.1) is 11.3 Å². The number of nitriles is 1. The quantitative estimate of drug-likeness (QED) is 0.762. The predicted octanol–water partition coefficient (Wildman–Crippen LogP) is 3.88. The number of anilines is 2. The fraction of sp³-hybridized carbons (Fsp3) is 0.158. The predicted molar refractivity (Wildman–Crippen MR) is 95.8 cm³/mol. The van der Waals surface area contributed by atoms with E-state index in [2.05, 4.69) is 16.4 Å². The highest BCUT2D eigenvalue weighted by atomic mass is 16.5. The summed E-state index contributed by atoms with van der Waals surface area (Å²) < 4.78 is 16.0. The van der Waals surface area contributed by atoms with Crippen LogP contribution in [-0.4, -0.2) is 26.3 Å². The Bertz CT molecular complexity index is 964.